The van der Waals surface area contributed by atoms with Gasteiger partial charge in [-0.1, -0.05) is 30.0 Å². The van der Waals surface area contributed by atoms with Crippen LogP contribution in [0, 0.1) is 11.8 Å². The fourth-order valence-electron chi connectivity index (χ4n) is 2.48. The van der Waals surface area contributed by atoms with E-state index in [1.165, 1.54) is 0 Å². The van der Waals surface area contributed by atoms with Gasteiger partial charge in [-0.05, 0) is 49.2 Å². The van der Waals surface area contributed by atoms with Gasteiger partial charge in [-0.2, -0.15) is 4.98 Å². The van der Waals surface area contributed by atoms with Crippen LogP contribution in [0.25, 0.3) is 0 Å². The Bertz CT molecular complexity index is 1170. The van der Waals surface area contributed by atoms with E-state index in [1.807, 2.05) is 37.3 Å². The number of anilines is 3. The summed E-state index contributed by atoms with van der Waals surface area (Å²) < 4.78 is 11.8. The molecule has 2 atom stereocenters. The topological polar surface area (TPSA) is 113 Å². The number of nitrogens with one attached hydrogen (secondary N) is 2. The summed E-state index contributed by atoms with van der Waals surface area (Å²) in [6, 6.07) is 16.1. The highest BCUT2D eigenvalue weighted by Crippen LogP contribution is 2.19. The van der Waals surface area contributed by atoms with Gasteiger partial charge in [-0.3, -0.25) is 5.14 Å². The molecule has 0 spiro atoms. The molecule has 0 aliphatic heterocycles. The van der Waals surface area contributed by atoms with Crippen LogP contribution in [0.2, 0.25) is 0 Å². The van der Waals surface area contributed by atoms with Crippen molar-refractivity contribution in [1.82, 2.24) is 9.97 Å². The molecule has 3 rings (SSSR count). The Balaban J connectivity index is 1.87. The second-order valence-electron chi connectivity index (χ2n) is 6.68. The van der Waals surface area contributed by atoms with Crippen molar-refractivity contribution in [3.63, 3.8) is 0 Å². The van der Waals surface area contributed by atoms with Gasteiger partial charge in [-0.15, -0.1) is 0 Å². The number of aromatic nitrogens is 2. The van der Waals surface area contributed by atoms with Crippen molar-refractivity contribution in [1.29, 1.82) is 0 Å². The highest BCUT2D eigenvalue weighted by atomic mass is 32.2. The van der Waals surface area contributed by atoms with Crippen LogP contribution in [0.3, 0.4) is 0 Å². The molecule has 0 bridgehead atoms. The number of nitrogens with two attached hydrogens (primary N) is 1. The predicted octanol–water partition coefficient (Wildman–Crippen LogP) is 2.36. The molecule has 7 nitrogen and oxygen atoms in total. The van der Waals surface area contributed by atoms with Crippen LogP contribution in [0.5, 0.6) is 0 Å². The minimum absolute atomic E-state index is 0.0524. The molecule has 154 valence electrons. The van der Waals surface area contributed by atoms with Crippen LogP contribution >= 0.6 is 0 Å². The van der Waals surface area contributed by atoms with Crippen molar-refractivity contribution < 1.29 is 9.32 Å². The van der Waals surface area contributed by atoms with Crippen molar-refractivity contribution in [2.24, 2.45) is 5.14 Å². The van der Waals surface area contributed by atoms with Gasteiger partial charge in [0.1, 0.15) is 5.82 Å². The zero-order chi connectivity index (χ0) is 21.6. The number of rotatable bonds is 6. The molecule has 1 heterocycles. The van der Waals surface area contributed by atoms with Crippen molar-refractivity contribution in [2.45, 2.75) is 17.9 Å². The van der Waals surface area contributed by atoms with Crippen LogP contribution < -0.4 is 15.8 Å². The molecule has 1 unspecified atom stereocenters. The van der Waals surface area contributed by atoms with Crippen LogP contribution in [-0.4, -0.2) is 37.8 Å². The summed E-state index contributed by atoms with van der Waals surface area (Å²) in [5.74, 6) is 10.5. The zero-order valence-electron chi connectivity index (χ0n) is 16.5. The summed E-state index contributed by atoms with van der Waals surface area (Å²) in [6.07, 6.45) is 1.62. The van der Waals surface area contributed by atoms with Gasteiger partial charge in [0.2, 0.25) is 5.95 Å². The van der Waals surface area contributed by atoms with E-state index in [2.05, 4.69) is 38.3 Å². The molecule has 1 aromatic heterocycles. The summed E-state index contributed by atoms with van der Waals surface area (Å²) in [4.78, 5) is 9.29. The molecule has 30 heavy (non-hydrogen) atoms. The zero-order valence-corrected chi connectivity index (χ0v) is 17.3. The Labute approximate surface area is 176 Å². The Morgan fingerprint density at radius 2 is 1.87 bits per heavy atom. The summed E-state index contributed by atoms with van der Waals surface area (Å²) in [7, 11) is -2.76. The number of hydrogen-bond donors (Lipinski definition) is 4. The third-order valence-corrected chi connectivity index (χ3v) is 5.14. The van der Waals surface area contributed by atoms with Gasteiger partial charge in [0.15, 0.2) is 0 Å². The average Bonchev–Trinajstić information content (AvgIpc) is 2.73. The maximum atomic E-state index is 11.8. The molecule has 8 heteroatoms. The first-order valence-electron chi connectivity index (χ1n) is 9.19. The molecular weight excluding hydrogens is 398 g/mol. The third-order valence-electron chi connectivity index (χ3n) is 4.07. The molecule has 0 aliphatic carbocycles. The van der Waals surface area contributed by atoms with Crippen molar-refractivity contribution in [2.75, 3.05) is 17.2 Å². The molecule has 0 aliphatic rings. The molecule has 0 saturated heterocycles. The third kappa shape index (κ3) is 5.81. The molecule has 5 N–H and O–H groups in total. The molecule has 0 radical (unpaired) electrons. The highest BCUT2D eigenvalue weighted by Gasteiger charge is 2.10. The number of nitrogens with zero attached hydrogens (tertiary/aromatic N) is 2. The Morgan fingerprint density at radius 3 is 2.50 bits per heavy atom. The summed E-state index contributed by atoms with van der Waals surface area (Å²) in [5, 5.41) is 21.2. The van der Waals surface area contributed by atoms with Gasteiger partial charge in [0, 0.05) is 22.2 Å². The lowest BCUT2D eigenvalue weighted by Crippen LogP contribution is -2.21. The van der Waals surface area contributed by atoms with E-state index in [0.717, 1.165) is 5.56 Å². The lowest BCUT2D eigenvalue weighted by atomic mass is 10.2. The van der Waals surface area contributed by atoms with Gasteiger partial charge in [0.05, 0.1) is 28.1 Å². The van der Waals surface area contributed by atoms with E-state index < -0.39 is 9.71 Å². The molecular formula is C22H23N5O2S. The van der Waals surface area contributed by atoms with E-state index in [-0.39, 0.29) is 12.6 Å². The predicted molar refractivity (Wildman–Crippen MR) is 122 cm³/mol. The molecule has 0 amide bonds. The average molecular weight is 422 g/mol. The summed E-state index contributed by atoms with van der Waals surface area (Å²) >= 11 is 0. The van der Waals surface area contributed by atoms with Gasteiger partial charge in [-0.25, -0.2) is 9.19 Å². The fraction of sp³-hybridized carbons (Fsp3) is 0.136. The smallest absolute Gasteiger partial charge is 0.229 e. The van der Waals surface area contributed by atoms with Crippen LogP contribution in [0.4, 0.5) is 17.5 Å². The Kier molecular flexibility index (Phi) is 6.69. The number of benzene rings is 2. The second-order valence-corrected chi connectivity index (χ2v) is 8.60. The maximum Gasteiger partial charge on any atom is 0.229 e. The molecule has 2 aromatic carbocycles. The lowest BCUT2D eigenvalue weighted by molar-refractivity contribution is 0.281. The van der Waals surface area contributed by atoms with Gasteiger partial charge in [0.25, 0.3) is 0 Å². The quantitative estimate of drug-likeness (QED) is 0.359. The van der Waals surface area contributed by atoms with Gasteiger partial charge >= 0.3 is 0 Å². The molecule has 3 aromatic rings. The van der Waals surface area contributed by atoms with E-state index in [0.29, 0.717) is 27.9 Å². The fourth-order valence-corrected chi connectivity index (χ4v) is 3.08. The molecule has 0 fully saturated rings. The Morgan fingerprint density at radius 1 is 1.17 bits per heavy atom. The summed E-state index contributed by atoms with van der Waals surface area (Å²) in [6.45, 7) is 1.79. The second kappa shape index (κ2) is 9.41. The van der Waals surface area contributed by atoms with Crippen molar-refractivity contribution in [3.05, 3.63) is 71.9 Å². The molecule has 0 saturated carbocycles. The monoisotopic (exact) mass is 421 g/mol. The SMILES string of the molecule is C=S(N)(=O)c1ccc(Nc2ncc(C#Cc3ccccc3)c(N[C@H](C)CO)n2)cc1. The minimum Gasteiger partial charge on any atom is -0.394 e. The van der Waals surface area contributed by atoms with Crippen LogP contribution in [0.1, 0.15) is 18.1 Å². The van der Waals surface area contributed by atoms with E-state index in [1.54, 1.807) is 30.5 Å². The minimum atomic E-state index is -2.76. The van der Waals surface area contributed by atoms with Crippen molar-refractivity contribution in [3.8, 4) is 11.8 Å². The first-order chi connectivity index (χ1) is 14.3. The van der Waals surface area contributed by atoms with Gasteiger partial charge < -0.3 is 15.7 Å². The standard InChI is InChI=1S/C22H23N5O2S/c1-16(15-28)25-21-18(9-8-17-6-4-3-5-7-17)14-24-22(27-21)26-19-10-12-20(13-11-19)30(2,23)29/h3-7,10-14,16,28H,2,15H2,1H3,(H2,23,29)(H2,24,25,26,27)/t16-,30?/m1/s1. The highest BCUT2D eigenvalue weighted by molar-refractivity contribution is 7.98. The maximum absolute atomic E-state index is 11.8. The first-order valence-corrected chi connectivity index (χ1v) is 11.0. The first kappa shape index (κ1) is 21.3. The normalized spacial score (nSPS) is 13.4. The lowest BCUT2D eigenvalue weighted by Gasteiger charge is -2.14. The number of hydrogen-bond acceptors (Lipinski definition) is 6. The van der Waals surface area contributed by atoms with Crippen molar-refractivity contribution >= 4 is 33.0 Å². The number of aliphatic hydroxyl groups is 1. The van der Waals surface area contributed by atoms with Crippen LogP contribution in [-0.2, 0) is 9.71 Å². The largest absolute Gasteiger partial charge is 0.394 e. The van der Waals surface area contributed by atoms with E-state index >= 15 is 0 Å². The summed E-state index contributed by atoms with van der Waals surface area (Å²) in [5.41, 5.74) is 2.19. The number of aliphatic hydroxyl groups excluding tert-OH is 1. The van der Waals surface area contributed by atoms with E-state index in [4.69, 9.17) is 5.14 Å². The van der Waals surface area contributed by atoms with Crippen LogP contribution in [0.15, 0.2) is 65.7 Å². The van der Waals surface area contributed by atoms with E-state index in [9.17, 15) is 9.32 Å². The Hall–Kier alpha value is -3.38.